The van der Waals surface area contributed by atoms with Crippen LogP contribution in [0.15, 0.2) is 48.5 Å². The number of amides is 1. The summed E-state index contributed by atoms with van der Waals surface area (Å²) in [6.07, 6.45) is 0. The quantitative estimate of drug-likeness (QED) is 0.672. The Morgan fingerprint density at radius 3 is 2.34 bits per heavy atom. The molecule has 29 heavy (non-hydrogen) atoms. The Labute approximate surface area is 171 Å². The summed E-state index contributed by atoms with van der Waals surface area (Å²) in [5.41, 5.74) is 1.17. The zero-order chi connectivity index (χ0) is 21.6. The van der Waals surface area contributed by atoms with E-state index >= 15 is 0 Å². The molecule has 0 spiro atoms. The van der Waals surface area contributed by atoms with Crippen molar-refractivity contribution in [3.05, 3.63) is 59.9 Å². The van der Waals surface area contributed by atoms with E-state index in [1.807, 2.05) is 31.2 Å². The molecule has 0 heterocycles. The van der Waals surface area contributed by atoms with Gasteiger partial charge in [0.05, 0.1) is 11.7 Å². The SMILES string of the molecule is Cc1ccccc1OC[C@H](C)NC(=O)CN(c1ccc(F)cc1)S(=O)(=O)N(C)C. The first kappa shape index (κ1) is 22.6. The van der Waals surface area contributed by atoms with Gasteiger partial charge < -0.3 is 10.1 Å². The summed E-state index contributed by atoms with van der Waals surface area (Å²) < 4.78 is 46.1. The highest BCUT2D eigenvalue weighted by Gasteiger charge is 2.27. The molecule has 2 aromatic carbocycles. The van der Waals surface area contributed by atoms with Crippen molar-refractivity contribution in [1.82, 2.24) is 9.62 Å². The Morgan fingerprint density at radius 2 is 1.76 bits per heavy atom. The third kappa shape index (κ3) is 6.16. The largest absolute Gasteiger partial charge is 0.491 e. The number of nitrogens with zero attached hydrogens (tertiary/aromatic N) is 2. The molecule has 0 radical (unpaired) electrons. The molecular formula is C20H26FN3O4S. The number of para-hydroxylation sites is 1. The van der Waals surface area contributed by atoms with E-state index in [-0.39, 0.29) is 18.3 Å². The number of rotatable bonds is 9. The summed E-state index contributed by atoms with van der Waals surface area (Å²) in [5, 5.41) is 2.73. The van der Waals surface area contributed by atoms with Crippen molar-refractivity contribution in [3.63, 3.8) is 0 Å². The highest BCUT2D eigenvalue weighted by atomic mass is 32.2. The number of hydrogen-bond donors (Lipinski definition) is 1. The van der Waals surface area contributed by atoms with Crippen LogP contribution in [0.4, 0.5) is 10.1 Å². The fraction of sp³-hybridized carbons (Fsp3) is 0.350. The van der Waals surface area contributed by atoms with Crippen molar-refractivity contribution < 1.29 is 22.3 Å². The molecule has 0 aromatic heterocycles. The minimum absolute atomic E-state index is 0.194. The molecule has 0 aliphatic rings. The lowest BCUT2D eigenvalue weighted by atomic mass is 10.2. The number of aryl methyl sites for hydroxylation is 1. The first-order valence-electron chi connectivity index (χ1n) is 9.05. The molecule has 0 saturated carbocycles. The second-order valence-corrected chi connectivity index (χ2v) is 8.89. The Bertz CT molecular complexity index is 933. The van der Waals surface area contributed by atoms with Crippen LogP contribution < -0.4 is 14.4 Å². The smallest absolute Gasteiger partial charge is 0.304 e. The van der Waals surface area contributed by atoms with Gasteiger partial charge in [0.15, 0.2) is 0 Å². The van der Waals surface area contributed by atoms with Crippen LogP contribution in [0.1, 0.15) is 12.5 Å². The Balaban J connectivity index is 2.05. The standard InChI is InChI=1S/C20H26FN3O4S/c1-15-7-5-6-8-19(15)28-14-16(2)22-20(25)13-24(29(26,27)23(3)4)18-11-9-17(21)10-12-18/h5-12,16H,13-14H2,1-4H3,(H,22,25)/t16-/m0/s1. The second-order valence-electron chi connectivity index (χ2n) is 6.82. The monoisotopic (exact) mass is 423 g/mol. The van der Waals surface area contributed by atoms with E-state index < -0.39 is 28.5 Å². The van der Waals surface area contributed by atoms with Gasteiger partial charge in [-0.05, 0) is 49.7 Å². The van der Waals surface area contributed by atoms with Gasteiger partial charge in [0, 0.05) is 14.1 Å². The van der Waals surface area contributed by atoms with E-state index in [1.165, 1.54) is 26.2 Å². The summed E-state index contributed by atoms with van der Waals surface area (Å²) >= 11 is 0. The van der Waals surface area contributed by atoms with Crippen molar-refractivity contribution in [1.29, 1.82) is 0 Å². The normalized spacial score (nSPS) is 12.5. The molecule has 158 valence electrons. The minimum atomic E-state index is -3.94. The number of carbonyl (C=O) groups excluding carboxylic acids is 1. The van der Waals surface area contributed by atoms with Crippen LogP contribution in [-0.2, 0) is 15.0 Å². The Morgan fingerprint density at radius 1 is 1.14 bits per heavy atom. The molecule has 0 fully saturated rings. The summed E-state index contributed by atoms with van der Waals surface area (Å²) in [7, 11) is -1.22. The Hall–Kier alpha value is -2.65. The summed E-state index contributed by atoms with van der Waals surface area (Å²) in [6.45, 7) is 3.47. The van der Waals surface area contributed by atoms with Gasteiger partial charge in [-0.15, -0.1) is 0 Å². The van der Waals surface area contributed by atoms with Crippen LogP contribution in [0.5, 0.6) is 5.75 Å². The van der Waals surface area contributed by atoms with Crippen molar-refractivity contribution >= 4 is 21.8 Å². The summed E-state index contributed by atoms with van der Waals surface area (Å²) in [4.78, 5) is 12.5. The molecule has 1 atom stereocenters. The zero-order valence-corrected chi connectivity index (χ0v) is 17.7. The van der Waals surface area contributed by atoms with E-state index in [0.29, 0.717) is 0 Å². The van der Waals surface area contributed by atoms with Gasteiger partial charge in [0.2, 0.25) is 5.91 Å². The third-order valence-electron chi connectivity index (χ3n) is 4.13. The van der Waals surface area contributed by atoms with E-state index in [2.05, 4.69) is 5.32 Å². The van der Waals surface area contributed by atoms with Crippen molar-refractivity contribution in [2.24, 2.45) is 0 Å². The number of hydrogen-bond acceptors (Lipinski definition) is 4. The molecule has 0 unspecified atom stereocenters. The lowest BCUT2D eigenvalue weighted by molar-refractivity contribution is -0.120. The molecular weight excluding hydrogens is 397 g/mol. The first-order valence-corrected chi connectivity index (χ1v) is 10.4. The number of carbonyl (C=O) groups is 1. The maximum absolute atomic E-state index is 13.2. The third-order valence-corrected chi connectivity index (χ3v) is 5.95. The van der Waals surface area contributed by atoms with Gasteiger partial charge in [-0.2, -0.15) is 12.7 Å². The van der Waals surface area contributed by atoms with Crippen LogP contribution in [0.2, 0.25) is 0 Å². The van der Waals surface area contributed by atoms with E-state index in [0.717, 1.165) is 32.1 Å². The molecule has 0 aliphatic carbocycles. The zero-order valence-electron chi connectivity index (χ0n) is 16.9. The van der Waals surface area contributed by atoms with E-state index in [9.17, 15) is 17.6 Å². The van der Waals surface area contributed by atoms with Gasteiger partial charge >= 0.3 is 10.2 Å². The second kappa shape index (κ2) is 9.71. The average molecular weight is 424 g/mol. The van der Waals surface area contributed by atoms with Crippen LogP contribution in [-0.4, -0.2) is 51.9 Å². The number of nitrogens with one attached hydrogen (secondary N) is 1. The molecule has 0 aliphatic heterocycles. The molecule has 9 heteroatoms. The first-order chi connectivity index (χ1) is 13.6. The van der Waals surface area contributed by atoms with Crippen LogP contribution >= 0.6 is 0 Å². The van der Waals surface area contributed by atoms with E-state index in [4.69, 9.17) is 4.74 Å². The number of ether oxygens (including phenoxy) is 1. The highest BCUT2D eigenvalue weighted by Crippen LogP contribution is 2.20. The van der Waals surface area contributed by atoms with Crippen molar-refractivity contribution in [2.45, 2.75) is 19.9 Å². The lowest BCUT2D eigenvalue weighted by Crippen LogP contribution is -2.48. The molecule has 1 amide bonds. The molecule has 0 saturated heterocycles. The Kier molecular flexibility index (Phi) is 7.58. The summed E-state index contributed by atoms with van der Waals surface area (Å²) in [6, 6.07) is 12.1. The van der Waals surface area contributed by atoms with Gasteiger partial charge in [-0.3, -0.25) is 4.79 Å². The van der Waals surface area contributed by atoms with Gasteiger partial charge in [0.25, 0.3) is 0 Å². The molecule has 2 rings (SSSR count). The average Bonchev–Trinajstić information content (AvgIpc) is 2.66. The van der Waals surface area contributed by atoms with Gasteiger partial charge in [-0.1, -0.05) is 18.2 Å². The number of halogens is 1. The number of anilines is 1. The topological polar surface area (TPSA) is 79.0 Å². The maximum atomic E-state index is 13.2. The van der Waals surface area contributed by atoms with Crippen LogP contribution in [0, 0.1) is 12.7 Å². The minimum Gasteiger partial charge on any atom is -0.491 e. The number of benzene rings is 2. The summed E-state index contributed by atoms with van der Waals surface area (Å²) in [5.74, 6) is -0.278. The molecule has 2 aromatic rings. The van der Waals surface area contributed by atoms with Gasteiger partial charge in [-0.25, -0.2) is 8.70 Å². The molecule has 1 N–H and O–H groups in total. The predicted octanol–water partition coefficient (Wildman–Crippen LogP) is 2.33. The highest BCUT2D eigenvalue weighted by molar-refractivity contribution is 7.90. The fourth-order valence-corrected chi connectivity index (χ4v) is 3.60. The van der Waals surface area contributed by atoms with Gasteiger partial charge in [0.1, 0.15) is 24.7 Å². The van der Waals surface area contributed by atoms with Crippen LogP contribution in [0.3, 0.4) is 0 Å². The van der Waals surface area contributed by atoms with Crippen molar-refractivity contribution in [2.75, 3.05) is 31.6 Å². The predicted molar refractivity (Wildman–Crippen MR) is 111 cm³/mol. The van der Waals surface area contributed by atoms with E-state index in [1.54, 1.807) is 6.92 Å². The molecule has 0 bridgehead atoms. The molecule has 7 nitrogen and oxygen atoms in total. The van der Waals surface area contributed by atoms with Crippen LogP contribution in [0.25, 0.3) is 0 Å². The fourth-order valence-electron chi connectivity index (χ4n) is 2.54. The van der Waals surface area contributed by atoms with Crippen molar-refractivity contribution in [3.8, 4) is 5.75 Å². The lowest BCUT2D eigenvalue weighted by Gasteiger charge is -2.27. The maximum Gasteiger partial charge on any atom is 0.304 e.